The largest absolute Gasteiger partial charge is 0.480 e. The van der Waals surface area contributed by atoms with Crippen LogP contribution in [0.2, 0.25) is 0 Å². The van der Waals surface area contributed by atoms with Crippen LogP contribution in [0.3, 0.4) is 0 Å². The Morgan fingerprint density at radius 2 is 1.60 bits per heavy atom. The van der Waals surface area contributed by atoms with Crippen molar-refractivity contribution in [3.8, 4) is 0 Å². The number of hydrogen-bond donors (Lipinski definition) is 9. The lowest BCUT2D eigenvalue weighted by molar-refractivity contribution is -0.149. The molecule has 18 nitrogen and oxygen atoms in total. The molecule has 2 aliphatic heterocycles. The van der Waals surface area contributed by atoms with E-state index in [9.17, 15) is 48.6 Å². The van der Waals surface area contributed by atoms with Gasteiger partial charge in [-0.3, -0.25) is 33.6 Å². The Bertz CT molecular complexity index is 1200. The predicted octanol–water partition coefficient (Wildman–Crippen LogP) is -3.71. The first-order valence-corrected chi connectivity index (χ1v) is 17.3. The topological polar surface area (TPSA) is 278 Å². The van der Waals surface area contributed by atoms with Gasteiger partial charge in [0.1, 0.15) is 30.2 Å². The summed E-state index contributed by atoms with van der Waals surface area (Å²) in [4.78, 5) is 101. The molecule has 2 rings (SSSR count). The molecular weight excluding hydrogens is 652 g/mol. The normalized spacial score (nSPS) is 20.4. The van der Waals surface area contributed by atoms with Gasteiger partial charge in [-0.05, 0) is 70.9 Å². The number of rotatable bonds is 19. The summed E-state index contributed by atoms with van der Waals surface area (Å²) in [5.74, 6) is -5.66. The second-order valence-corrected chi connectivity index (χ2v) is 12.8. The molecule has 0 aromatic heterocycles. The van der Waals surface area contributed by atoms with Crippen molar-refractivity contribution in [3.63, 3.8) is 0 Å². The minimum absolute atomic E-state index is 0.237. The van der Waals surface area contributed by atoms with E-state index < -0.39 is 96.2 Å². The Morgan fingerprint density at radius 3 is 2.19 bits per heavy atom. The summed E-state index contributed by atoms with van der Waals surface area (Å²) in [6.07, 6.45) is 2.32. The molecule has 0 aromatic rings. The number of carbonyl (C=O) groups is 8. The number of carboxylic acids is 1. The van der Waals surface area contributed by atoms with Crippen LogP contribution in [0.25, 0.3) is 0 Å². The summed E-state index contributed by atoms with van der Waals surface area (Å²) in [7, 11) is 0. The van der Waals surface area contributed by atoms with Gasteiger partial charge in [0.05, 0.1) is 18.7 Å². The van der Waals surface area contributed by atoms with Gasteiger partial charge in [0, 0.05) is 13.0 Å². The minimum Gasteiger partial charge on any atom is -0.480 e. The summed E-state index contributed by atoms with van der Waals surface area (Å²) in [6.45, 7) is 2.89. The van der Waals surface area contributed by atoms with Crippen LogP contribution in [0.4, 0.5) is 0 Å². The molecule has 2 aliphatic rings. The van der Waals surface area contributed by atoms with Crippen molar-refractivity contribution in [1.29, 1.82) is 0 Å². The van der Waals surface area contributed by atoms with Gasteiger partial charge in [-0.1, -0.05) is 0 Å². The van der Waals surface area contributed by atoms with Crippen molar-refractivity contribution in [1.82, 2.24) is 36.8 Å². The Labute approximate surface area is 282 Å². The smallest absolute Gasteiger partial charge is 0.326 e. The van der Waals surface area contributed by atoms with Crippen molar-refractivity contribution >= 4 is 59.1 Å². The van der Waals surface area contributed by atoms with Crippen LogP contribution in [-0.4, -0.2) is 136 Å². The van der Waals surface area contributed by atoms with E-state index in [1.54, 1.807) is 0 Å². The molecule has 7 amide bonds. The third-order valence-corrected chi connectivity index (χ3v) is 8.64. The average Bonchev–Trinajstić information content (AvgIpc) is 3.75. The molecule has 19 heteroatoms. The number of likely N-dealkylation sites (tertiary alicyclic amines) is 1. The lowest BCUT2D eigenvalue weighted by Gasteiger charge is -2.28. The number of carboxylic acid groups (broad SMARTS) is 1. The van der Waals surface area contributed by atoms with Crippen molar-refractivity contribution in [3.05, 3.63) is 0 Å². The maximum atomic E-state index is 13.2. The van der Waals surface area contributed by atoms with Crippen molar-refractivity contribution in [2.24, 2.45) is 5.73 Å². The number of thioether (sulfide) groups is 1. The fourth-order valence-corrected chi connectivity index (χ4v) is 5.78. The molecule has 0 radical (unpaired) electrons. The predicted molar refractivity (Wildman–Crippen MR) is 173 cm³/mol. The third kappa shape index (κ3) is 12.6. The second-order valence-electron chi connectivity index (χ2n) is 11.8. The van der Waals surface area contributed by atoms with Gasteiger partial charge in [-0.15, -0.1) is 0 Å². The van der Waals surface area contributed by atoms with Crippen LogP contribution in [0.1, 0.15) is 58.8 Å². The monoisotopic (exact) mass is 700 g/mol. The second kappa shape index (κ2) is 19.8. The van der Waals surface area contributed by atoms with Crippen LogP contribution >= 0.6 is 11.8 Å². The maximum absolute atomic E-state index is 13.2. The van der Waals surface area contributed by atoms with Crippen molar-refractivity contribution in [2.75, 3.05) is 31.6 Å². The fraction of sp³-hybridized carbons (Fsp3) is 0.724. The lowest BCUT2D eigenvalue weighted by atomic mass is 10.1. The van der Waals surface area contributed by atoms with Crippen LogP contribution in [0.15, 0.2) is 0 Å². The van der Waals surface area contributed by atoms with Crippen molar-refractivity contribution < 1.29 is 48.6 Å². The summed E-state index contributed by atoms with van der Waals surface area (Å²) >= 11 is 1.44. The zero-order valence-corrected chi connectivity index (χ0v) is 28.2. The first-order valence-electron chi connectivity index (χ1n) is 15.9. The highest BCUT2D eigenvalue weighted by Gasteiger charge is 2.38. The minimum atomic E-state index is -1.42. The number of aliphatic carboxylic acids is 1. The molecule has 0 bridgehead atoms. The standard InChI is InChI=1S/C29H48N8O10S/c1-15(24(41)35-19(10-13-48-3)28(45)37-12-5-7-20(37)29(46)47)33-22(40)14-32-25(42)18(8-9-21(30)39)34-27(44)23(16(2)38)36-26(43)17-6-4-11-31-17/h15-20,23,31,38H,4-14H2,1-3H3,(H2,30,39)(H,32,42)(H,33,40)(H,34,44)(H,35,41)(H,36,43)(H,46,47)/t15-,16+,17-,18-,19-,20-,23-/m0/s1. The molecule has 2 heterocycles. The van der Waals surface area contributed by atoms with E-state index in [1.165, 1.54) is 30.5 Å². The number of nitrogens with one attached hydrogen (secondary N) is 6. The molecule has 7 atom stereocenters. The summed E-state index contributed by atoms with van der Waals surface area (Å²) < 4.78 is 0. The zero-order valence-electron chi connectivity index (χ0n) is 27.4. The van der Waals surface area contributed by atoms with E-state index in [-0.39, 0.29) is 25.8 Å². The van der Waals surface area contributed by atoms with Crippen molar-refractivity contribution in [2.45, 2.75) is 101 Å². The van der Waals surface area contributed by atoms with Gasteiger partial charge < -0.3 is 52.7 Å². The van der Waals surface area contributed by atoms with Gasteiger partial charge in [0.2, 0.25) is 41.4 Å². The molecule has 0 aromatic carbocycles. The number of nitrogens with two attached hydrogens (primary N) is 1. The maximum Gasteiger partial charge on any atom is 0.326 e. The van der Waals surface area contributed by atoms with Gasteiger partial charge >= 0.3 is 5.97 Å². The molecule has 10 N–H and O–H groups in total. The number of aliphatic hydroxyl groups is 1. The Kier molecular flexibility index (Phi) is 16.5. The van der Waals surface area contributed by atoms with E-state index in [2.05, 4.69) is 31.9 Å². The number of carbonyl (C=O) groups excluding carboxylic acids is 7. The molecule has 2 fully saturated rings. The number of nitrogens with zero attached hydrogens (tertiary/aromatic N) is 1. The van der Waals surface area contributed by atoms with Crippen LogP contribution in [0.5, 0.6) is 0 Å². The molecule has 0 spiro atoms. The SMILES string of the molecule is CSCC[C@H](NC(=O)[C@H](C)NC(=O)CNC(=O)[C@H](CCC(N)=O)NC(=O)[C@@H](NC(=O)[C@@H]1CCCN1)[C@@H](C)O)C(=O)N1CCC[C@H]1C(=O)O. The van der Waals surface area contributed by atoms with Gasteiger partial charge in [0.15, 0.2) is 0 Å². The molecule has 48 heavy (non-hydrogen) atoms. The average molecular weight is 701 g/mol. The quantitative estimate of drug-likeness (QED) is 0.0630. The van der Waals surface area contributed by atoms with Crippen LogP contribution in [0, 0.1) is 0 Å². The van der Waals surface area contributed by atoms with E-state index in [0.717, 1.165) is 6.42 Å². The highest BCUT2D eigenvalue weighted by atomic mass is 32.2. The number of aliphatic hydroxyl groups excluding tert-OH is 1. The lowest BCUT2D eigenvalue weighted by Crippen LogP contribution is -2.59. The van der Waals surface area contributed by atoms with Gasteiger partial charge in [0.25, 0.3) is 0 Å². The Morgan fingerprint density at radius 1 is 0.917 bits per heavy atom. The molecule has 2 saturated heterocycles. The Balaban J connectivity index is 1.98. The van der Waals surface area contributed by atoms with Gasteiger partial charge in [-0.2, -0.15) is 11.8 Å². The van der Waals surface area contributed by atoms with E-state index in [4.69, 9.17) is 5.73 Å². The number of primary amides is 1. The molecule has 0 saturated carbocycles. The number of amides is 7. The first kappa shape index (κ1) is 40.2. The Hall–Kier alpha value is -3.97. The van der Waals surface area contributed by atoms with Gasteiger partial charge in [-0.25, -0.2) is 4.79 Å². The van der Waals surface area contributed by atoms with Crippen LogP contribution in [-0.2, 0) is 38.4 Å². The molecule has 0 aliphatic carbocycles. The summed E-state index contributed by atoms with van der Waals surface area (Å²) in [5.41, 5.74) is 5.22. The van der Waals surface area contributed by atoms with E-state index in [0.29, 0.717) is 31.6 Å². The summed E-state index contributed by atoms with van der Waals surface area (Å²) in [5, 5.41) is 34.8. The van der Waals surface area contributed by atoms with Crippen LogP contribution < -0.4 is 37.6 Å². The summed E-state index contributed by atoms with van der Waals surface area (Å²) in [6, 6.07) is -6.46. The first-order chi connectivity index (χ1) is 22.7. The molecule has 0 unspecified atom stereocenters. The number of hydrogen-bond acceptors (Lipinski definition) is 11. The van der Waals surface area contributed by atoms with E-state index in [1.807, 2.05) is 6.26 Å². The highest BCUT2D eigenvalue weighted by Crippen LogP contribution is 2.20. The third-order valence-electron chi connectivity index (χ3n) is 7.99. The van der Waals surface area contributed by atoms with E-state index >= 15 is 0 Å². The molecular formula is C29H48N8O10S. The highest BCUT2D eigenvalue weighted by molar-refractivity contribution is 7.98. The fourth-order valence-electron chi connectivity index (χ4n) is 5.31. The zero-order chi connectivity index (χ0) is 36.0. The molecule has 270 valence electrons.